The van der Waals surface area contributed by atoms with Gasteiger partial charge in [0, 0.05) is 11.1 Å². The van der Waals surface area contributed by atoms with E-state index in [0.29, 0.717) is 28.7 Å². The molecule has 25 heavy (non-hydrogen) atoms. The summed E-state index contributed by atoms with van der Waals surface area (Å²) < 4.78 is 3.32. The number of imidazole rings is 1. The number of hydrogen-bond acceptors (Lipinski definition) is 4. The first-order chi connectivity index (χ1) is 12.0. The summed E-state index contributed by atoms with van der Waals surface area (Å²) in [6.07, 6.45) is 6.49. The van der Waals surface area contributed by atoms with Crippen LogP contribution in [-0.2, 0) is 23.7 Å². The molecule has 4 rings (SSSR count). The van der Waals surface area contributed by atoms with Crippen LogP contribution in [-0.4, -0.2) is 26.3 Å². The van der Waals surface area contributed by atoms with Crippen LogP contribution in [0, 0.1) is 0 Å². The maximum absolute atomic E-state index is 12.5. The Hall–Kier alpha value is -3.03. The van der Waals surface area contributed by atoms with Gasteiger partial charge in [0.05, 0.1) is 14.1 Å². The topological polar surface area (TPSA) is 91.9 Å². The number of hydrogen-bond donors (Lipinski definition) is 1. The third-order valence-electron chi connectivity index (χ3n) is 4.17. The zero-order valence-corrected chi connectivity index (χ0v) is 14.7. The summed E-state index contributed by atoms with van der Waals surface area (Å²) in [6.45, 7) is 4.00. The molecule has 0 bridgehead atoms. The molecule has 0 unspecified atom stereocenters. The first-order valence-corrected chi connectivity index (χ1v) is 8.22. The molecule has 1 aliphatic carbocycles. The van der Waals surface area contributed by atoms with Crippen molar-refractivity contribution in [1.82, 2.24) is 14.5 Å². The Morgan fingerprint density at radius 2 is 1.92 bits per heavy atom. The smallest absolute Gasteiger partial charge is 0.274 e. The molecule has 2 aromatic heterocycles. The van der Waals surface area contributed by atoms with Gasteiger partial charge in [-0.25, -0.2) is 4.57 Å². The Morgan fingerprint density at radius 1 is 1.20 bits per heavy atom. The maximum Gasteiger partial charge on any atom is 0.311 e. The summed E-state index contributed by atoms with van der Waals surface area (Å²) in [5.74, 6) is -0.889. The average molecular weight is 342 g/mol. The van der Waals surface area contributed by atoms with Gasteiger partial charge in [-0.15, -0.1) is 0 Å². The first-order valence-electron chi connectivity index (χ1n) is 8.22. The second-order valence-corrected chi connectivity index (χ2v) is 5.68. The third kappa shape index (κ3) is 2.41. The number of nitrogens with zero attached hydrogens (tertiary/aromatic N) is 4. The highest BCUT2D eigenvalue weighted by molar-refractivity contribution is 6.33. The van der Waals surface area contributed by atoms with E-state index < -0.39 is 17.4 Å². The summed E-state index contributed by atoms with van der Waals surface area (Å²) in [7, 11) is 3.48. The SMILES string of the molecule is CC.Cn1c[n+](C)c2nc(N3C(=O)C4=C(CCC=C4)C3=O)[nH]c(=O)c21. The molecule has 0 saturated carbocycles. The number of carbonyl (C=O) groups is 2. The summed E-state index contributed by atoms with van der Waals surface area (Å²) in [6, 6.07) is 0. The van der Waals surface area contributed by atoms with E-state index in [0.717, 1.165) is 11.3 Å². The number of fused-ring (bicyclic) bond motifs is 1. The number of nitrogens with one attached hydrogen (secondary N) is 1. The summed E-state index contributed by atoms with van der Waals surface area (Å²) in [5.41, 5.74) is 1.27. The number of allylic oxidation sites excluding steroid dienone is 1. The number of aromatic nitrogens is 4. The molecule has 0 spiro atoms. The van der Waals surface area contributed by atoms with Gasteiger partial charge < -0.3 is 0 Å². The van der Waals surface area contributed by atoms with E-state index in [-0.39, 0.29) is 5.95 Å². The van der Waals surface area contributed by atoms with Crippen LogP contribution in [0.15, 0.2) is 34.4 Å². The van der Waals surface area contributed by atoms with Crippen molar-refractivity contribution in [2.45, 2.75) is 26.7 Å². The highest BCUT2D eigenvalue weighted by atomic mass is 16.2. The largest absolute Gasteiger partial charge is 0.311 e. The van der Waals surface area contributed by atoms with Crippen molar-refractivity contribution in [1.29, 1.82) is 0 Å². The van der Waals surface area contributed by atoms with Crippen LogP contribution < -0.4 is 15.0 Å². The Bertz CT molecular complexity index is 1010. The van der Waals surface area contributed by atoms with Crippen LogP contribution in [0.2, 0.25) is 0 Å². The highest BCUT2D eigenvalue weighted by Gasteiger charge is 2.41. The zero-order valence-electron chi connectivity index (χ0n) is 14.7. The Kier molecular flexibility index (Phi) is 4.12. The minimum Gasteiger partial charge on any atom is -0.274 e. The molecule has 0 radical (unpaired) electrons. The van der Waals surface area contributed by atoms with Crippen LogP contribution in [0.25, 0.3) is 11.2 Å². The quantitative estimate of drug-likeness (QED) is 0.608. The molecular weight excluding hydrogens is 322 g/mol. The number of H-pyrrole nitrogens is 1. The minimum absolute atomic E-state index is 0.0397. The van der Waals surface area contributed by atoms with Crippen molar-refractivity contribution < 1.29 is 14.2 Å². The van der Waals surface area contributed by atoms with E-state index >= 15 is 0 Å². The molecule has 2 aliphatic rings. The van der Waals surface area contributed by atoms with Crippen molar-refractivity contribution in [3.63, 3.8) is 0 Å². The lowest BCUT2D eigenvalue weighted by Crippen LogP contribution is -2.36. The fourth-order valence-corrected chi connectivity index (χ4v) is 3.11. The number of aryl methyl sites for hydroxylation is 2. The van der Waals surface area contributed by atoms with E-state index in [4.69, 9.17) is 0 Å². The van der Waals surface area contributed by atoms with Gasteiger partial charge in [0.25, 0.3) is 23.3 Å². The molecule has 8 heteroatoms. The summed E-state index contributed by atoms with van der Waals surface area (Å²) >= 11 is 0. The van der Waals surface area contributed by atoms with Gasteiger partial charge in [-0.05, 0) is 12.8 Å². The lowest BCUT2D eigenvalue weighted by Gasteiger charge is -2.10. The molecule has 8 nitrogen and oxygen atoms in total. The molecule has 1 N–H and O–H groups in total. The van der Waals surface area contributed by atoms with Crippen LogP contribution in [0.4, 0.5) is 5.95 Å². The molecule has 0 aromatic carbocycles. The van der Waals surface area contributed by atoms with Crippen molar-refractivity contribution in [3.05, 3.63) is 40.0 Å². The minimum atomic E-state index is -0.443. The third-order valence-corrected chi connectivity index (χ3v) is 4.17. The Balaban J connectivity index is 0.000000880. The molecule has 2 aromatic rings. The molecule has 2 amide bonds. The molecular formula is C17H20N5O3+. The fourth-order valence-electron chi connectivity index (χ4n) is 3.11. The van der Waals surface area contributed by atoms with Gasteiger partial charge in [-0.1, -0.05) is 31.0 Å². The second-order valence-electron chi connectivity index (χ2n) is 5.68. The van der Waals surface area contributed by atoms with E-state index in [9.17, 15) is 14.4 Å². The zero-order chi connectivity index (χ0) is 18.3. The number of aromatic amines is 1. The predicted molar refractivity (Wildman–Crippen MR) is 91.8 cm³/mol. The maximum atomic E-state index is 12.5. The summed E-state index contributed by atoms with van der Waals surface area (Å²) in [5, 5.41) is 0. The fraction of sp³-hybridized carbons (Fsp3) is 0.353. The van der Waals surface area contributed by atoms with Gasteiger partial charge in [0.2, 0.25) is 5.52 Å². The van der Waals surface area contributed by atoms with Crippen molar-refractivity contribution in [3.8, 4) is 0 Å². The number of amides is 2. The standard InChI is InChI=1S/C15H13N5O3.C2H6/c1-18-7-19(2)11-10(18)12(21)17-15(16-11)20-13(22)8-5-3-4-6-9(8)14(20)23;1-2/h3,5,7H,4,6H2,1-2H3;1-2H3/p+1. The van der Waals surface area contributed by atoms with Gasteiger partial charge in [-0.3, -0.25) is 23.9 Å². The highest BCUT2D eigenvalue weighted by Crippen LogP contribution is 2.30. The number of carbonyl (C=O) groups excluding carboxylic acids is 2. The molecule has 1 aliphatic heterocycles. The van der Waals surface area contributed by atoms with E-state index in [1.807, 2.05) is 19.9 Å². The predicted octanol–water partition coefficient (Wildman–Crippen LogP) is 0.632. The monoisotopic (exact) mass is 342 g/mol. The normalized spacial score (nSPS) is 16.4. The van der Waals surface area contributed by atoms with Gasteiger partial charge >= 0.3 is 5.65 Å². The van der Waals surface area contributed by atoms with Crippen LogP contribution in [0.5, 0.6) is 0 Å². The Labute approximate surface area is 144 Å². The van der Waals surface area contributed by atoms with Gasteiger partial charge in [0.15, 0.2) is 6.33 Å². The number of imide groups is 1. The van der Waals surface area contributed by atoms with E-state index in [2.05, 4.69) is 9.97 Å². The second kappa shape index (κ2) is 6.12. The van der Waals surface area contributed by atoms with Crippen LogP contribution in [0.3, 0.4) is 0 Å². The molecule has 0 saturated heterocycles. The van der Waals surface area contributed by atoms with Crippen LogP contribution >= 0.6 is 0 Å². The molecule has 3 heterocycles. The lowest BCUT2D eigenvalue weighted by atomic mass is 10.00. The average Bonchev–Trinajstić information content (AvgIpc) is 3.04. The molecule has 0 fully saturated rings. The first kappa shape index (κ1) is 16.8. The Morgan fingerprint density at radius 3 is 2.60 bits per heavy atom. The number of rotatable bonds is 1. The van der Waals surface area contributed by atoms with Crippen LogP contribution in [0.1, 0.15) is 26.7 Å². The van der Waals surface area contributed by atoms with Crippen molar-refractivity contribution in [2.24, 2.45) is 14.1 Å². The van der Waals surface area contributed by atoms with E-state index in [1.165, 1.54) is 0 Å². The van der Waals surface area contributed by atoms with Crippen molar-refractivity contribution >= 4 is 28.9 Å². The molecule has 130 valence electrons. The van der Waals surface area contributed by atoms with Gasteiger partial charge in [0.1, 0.15) is 0 Å². The summed E-state index contributed by atoms with van der Waals surface area (Å²) in [4.78, 5) is 45.2. The molecule has 0 atom stereocenters. The number of anilines is 1. The lowest BCUT2D eigenvalue weighted by molar-refractivity contribution is -0.647. The van der Waals surface area contributed by atoms with E-state index in [1.54, 1.807) is 35.6 Å². The van der Waals surface area contributed by atoms with Gasteiger partial charge in [-0.2, -0.15) is 4.90 Å². The van der Waals surface area contributed by atoms with Crippen molar-refractivity contribution in [2.75, 3.05) is 4.90 Å².